The van der Waals surface area contributed by atoms with Gasteiger partial charge in [0.1, 0.15) is 22.8 Å². The highest BCUT2D eigenvalue weighted by Crippen LogP contribution is 2.41. The van der Waals surface area contributed by atoms with Gasteiger partial charge in [-0.2, -0.15) is 10.2 Å². The summed E-state index contributed by atoms with van der Waals surface area (Å²) in [6.07, 6.45) is 4.18. The van der Waals surface area contributed by atoms with Crippen molar-refractivity contribution in [3.05, 3.63) is 58.0 Å². The lowest BCUT2D eigenvalue weighted by molar-refractivity contribution is 0.101. The molecule has 196 valence electrons. The SMILES string of the molecule is CC[C@H]1CN(C(C)c2ccc3oc(C4CC4)nc3c2)[C@H](CC)CN1c1nc(=O)n(C)c2ccc(C#N)nc12. The predicted molar refractivity (Wildman–Crippen MR) is 146 cm³/mol. The van der Waals surface area contributed by atoms with Gasteiger partial charge in [0, 0.05) is 44.2 Å². The van der Waals surface area contributed by atoms with Crippen molar-refractivity contribution in [3.8, 4) is 6.07 Å². The van der Waals surface area contributed by atoms with Crippen LogP contribution in [0.1, 0.15) is 75.6 Å². The molecule has 6 rings (SSSR count). The maximum absolute atomic E-state index is 12.8. The molecular weight excluding hydrogens is 478 g/mol. The summed E-state index contributed by atoms with van der Waals surface area (Å²) in [4.78, 5) is 31.5. The zero-order valence-electron chi connectivity index (χ0n) is 22.4. The van der Waals surface area contributed by atoms with Crippen LogP contribution in [0, 0.1) is 11.3 Å². The molecule has 0 radical (unpaired) electrons. The van der Waals surface area contributed by atoms with Gasteiger partial charge in [0.15, 0.2) is 17.3 Å². The number of nitrogens with zero attached hydrogens (tertiary/aromatic N) is 7. The number of aromatic nitrogens is 4. The molecule has 2 aliphatic rings. The first-order valence-corrected chi connectivity index (χ1v) is 13.6. The third-order valence-electron chi connectivity index (χ3n) is 8.34. The van der Waals surface area contributed by atoms with Crippen molar-refractivity contribution in [1.82, 2.24) is 24.4 Å². The molecule has 1 aliphatic carbocycles. The molecule has 1 aromatic carbocycles. The topological polar surface area (TPSA) is 104 Å². The lowest BCUT2D eigenvalue weighted by Crippen LogP contribution is -2.59. The van der Waals surface area contributed by atoms with E-state index in [2.05, 4.69) is 64.8 Å². The number of fused-ring (bicyclic) bond motifs is 2. The molecule has 3 atom stereocenters. The number of hydrogen-bond donors (Lipinski definition) is 0. The Kier molecular flexibility index (Phi) is 6.15. The summed E-state index contributed by atoms with van der Waals surface area (Å²) >= 11 is 0. The average Bonchev–Trinajstić information content (AvgIpc) is 3.71. The second kappa shape index (κ2) is 9.52. The molecule has 4 heterocycles. The lowest BCUT2D eigenvalue weighted by atomic mass is 9.97. The summed E-state index contributed by atoms with van der Waals surface area (Å²) in [5, 5.41) is 9.47. The van der Waals surface area contributed by atoms with Gasteiger partial charge in [-0.05, 0) is 62.4 Å². The molecule has 1 unspecified atom stereocenters. The second-order valence-electron chi connectivity index (χ2n) is 10.7. The smallest absolute Gasteiger partial charge is 0.349 e. The Hall–Kier alpha value is -3.77. The molecule has 4 aromatic rings. The van der Waals surface area contributed by atoms with Crippen molar-refractivity contribution in [2.45, 2.75) is 70.5 Å². The average molecular weight is 512 g/mol. The fraction of sp³-hybridized carbons (Fsp3) is 0.483. The summed E-state index contributed by atoms with van der Waals surface area (Å²) in [5.74, 6) is 1.94. The first kappa shape index (κ1) is 24.6. The first-order chi connectivity index (χ1) is 18.4. The highest BCUT2D eigenvalue weighted by atomic mass is 16.3. The third kappa shape index (κ3) is 4.13. The van der Waals surface area contributed by atoms with Gasteiger partial charge in [-0.15, -0.1) is 0 Å². The van der Waals surface area contributed by atoms with Crippen LogP contribution < -0.4 is 10.6 Å². The number of pyridine rings is 1. The highest BCUT2D eigenvalue weighted by molar-refractivity contribution is 5.86. The molecule has 0 amide bonds. The first-order valence-electron chi connectivity index (χ1n) is 13.6. The van der Waals surface area contributed by atoms with Crippen LogP contribution in [0.15, 0.2) is 39.5 Å². The van der Waals surface area contributed by atoms with Gasteiger partial charge in [-0.25, -0.2) is 14.8 Å². The minimum Gasteiger partial charge on any atom is -0.440 e. The van der Waals surface area contributed by atoms with Gasteiger partial charge >= 0.3 is 5.69 Å². The standard InChI is InChI=1S/C29H33N7O2/c1-5-21-16-36(27-26-24(34(4)29(37)33-27)11-10-20(14-30)31-26)22(6-2)15-35(21)17(3)19-9-12-25-23(13-19)32-28(38-25)18-7-8-18/h9-13,17-18,21-22H,5-8,15-16H2,1-4H3/t17?,21-,22+/m1/s1. The van der Waals surface area contributed by atoms with Crippen molar-refractivity contribution in [1.29, 1.82) is 5.26 Å². The summed E-state index contributed by atoms with van der Waals surface area (Å²) in [6, 6.07) is 12.6. The molecule has 1 saturated carbocycles. The summed E-state index contributed by atoms with van der Waals surface area (Å²) in [6.45, 7) is 8.20. The number of nitriles is 1. The maximum Gasteiger partial charge on any atom is 0.349 e. The molecule has 0 N–H and O–H groups in total. The predicted octanol–water partition coefficient (Wildman–Crippen LogP) is 4.66. The monoisotopic (exact) mass is 511 g/mol. The van der Waals surface area contributed by atoms with E-state index in [9.17, 15) is 10.1 Å². The minimum atomic E-state index is -0.316. The van der Waals surface area contributed by atoms with Crippen LogP contribution in [0.25, 0.3) is 22.1 Å². The molecule has 1 saturated heterocycles. The Bertz CT molecular complexity index is 1610. The molecule has 38 heavy (non-hydrogen) atoms. The second-order valence-corrected chi connectivity index (χ2v) is 10.7. The fourth-order valence-corrected chi connectivity index (χ4v) is 5.81. The molecule has 3 aromatic heterocycles. The van der Waals surface area contributed by atoms with Gasteiger partial charge < -0.3 is 9.32 Å². The van der Waals surface area contributed by atoms with Crippen LogP contribution in [0.5, 0.6) is 0 Å². The van der Waals surface area contributed by atoms with Crippen LogP contribution in [-0.4, -0.2) is 49.6 Å². The van der Waals surface area contributed by atoms with E-state index < -0.39 is 0 Å². The molecular formula is C29H33N7O2. The summed E-state index contributed by atoms with van der Waals surface area (Å²) < 4.78 is 7.49. The van der Waals surface area contributed by atoms with Crippen molar-refractivity contribution in [2.75, 3.05) is 18.0 Å². The van der Waals surface area contributed by atoms with E-state index in [1.807, 2.05) is 0 Å². The van der Waals surface area contributed by atoms with Gasteiger partial charge in [0.25, 0.3) is 0 Å². The van der Waals surface area contributed by atoms with Crippen LogP contribution in [-0.2, 0) is 7.05 Å². The van der Waals surface area contributed by atoms with Crippen molar-refractivity contribution >= 4 is 28.0 Å². The van der Waals surface area contributed by atoms with Crippen LogP contribution in [0.2, 0.25) is 0 Å². The van der Waals surface area contributed by atoms with Crippen molar-refractivity contribution in [3.63, 3.8) is 0 Å². The zero-order valence-corrected chi connectivity index (χ0v) is 22.4. The van der Waals surface area contributed by atoms with E-state index in [4.69, 9.17) is 9.40 Å². The van der Waals surface area contributed by atoms with Crippen LogP contribution in [0.3, 0.4) is 0 Å². The van der Waals surface area contributed by atoms with Crippen molar-refractivity contribution < 1.29 is 4.42 Å². The Morgan fingerprint density at radius 1 is 1.08 bits per heavy atom. The fourth-order valence-electron chi connectivity index (χ4n) is 5.81. The van der Waals surface area contributed by atoms with E-state index in [0.717, 1.165) is 42.9 Å². The summed E-state index contributed by atoms with van der Waals surface area (Å²) in [5.41, 5.74) is 4.31. The zero-order chi connectivity index (χ0) is 26.6. The number of piperazine rings is 1. The van der Waals surface area contributed by atoms with E-state index >= 15 is 0 Å². The number of benzene rings is 1. The highest BCUT2D eigenvalue weighted by Gasteiger charge is 2.37. The van der Waals surface area contributed by atoms with Gasteiger partial charge in [-0.3, -0.25) is 9.47 Å². The van der Waals surface area contributed by atoms with Gasteiger partial charge in [-0.1, -0.05) is 19.9 Å². The number of anilines is 1. The van der Waals surface area contributed by atoms with E-state index in [1.54, 1.807) is 19.2 Å². The maximum atomic E-state index is 12.8. The minimum absolute atomic E-state index is 0.146. The van der Waals surface area contributed by atoms with E-state index in [0.29, 0.717) is 28.5 Å². The Morgan fingerprint density at radius 2 is 1.87 bits per heavy atom. The van der Waals surface area contributed by atoms with Gasteiger partial charge in [0.05, 0.1) is 5.52 Å². The Labute approximate surface area is 221 Å². The van der Waals surface area contributed by atoms with Crippen LogP contribution in [0.4, 0.5) is 5.82 Å². The molecule has 9 heteroatoms. The molecule has 0 bridgehead atoms. The molecule has 0 spiro atoms. The van der Waals surface area contributed by atoms with Crippen LogP contribution >= 0.6 is 0 Å². The largest absolute Gasteiger partial charge is 0.440 e. The Morgan fingerprint density at radius 3 is 2.58 bits per heavy atom. The molecule has 9 nitrogen and oxygen atoms in total. The lowest BCUT2D eigenvalue weighted by Gasteiger charge is -2.49. The molecule has 1 aliphatic heterocycles. The number of oxazole rings is 1. The number of hydrogen-bond acceptors (Lipinski definition) is 8. The molecule has 2 fully saturated rings. The van der Waals surface area contributed by atoms with E-state index in [-0.39, 0.29) is 23.8 Å². The summed E-state index contributed by atoms with van der Waals surface area (Å²) in [7, 11) is 1.69. The number of rotatable bonds is 6. The Balaban J connectivity index is 1.34. The van der Waals surface area contributed by atoms with Crippen molar-refractivity contribution in [2.24, 2.45) is 7.05 Å². The van der Waals surface area contributed by atoms with Gasteiger partial charge in [0.2, 0.25) is 0 Å². The third-order valence-corrected chi connectivity index (χ3v) is 8.34. The number of aryl methyl sites for hydroxylation is 1. The van der Waals surface area contributed by atoms with E-state index in [1.165, 1.54) is 23.0 Å². The quantitative estimate of drug-likeness (QED) is 0.368. The normalized spacial score (nSPS) is 21.2.